The molecule has 0 saturated heterocycles. The minimum atomic E-state index is -0.573. The van der Waals surface area contributed by atoms with Crippen molar-refractivity contribution < 1.29 is 9.53 Å². The van der Waals surface area contributed by atoms with E-state index in [0.717, 1.165) is 22.0 Å². The number of fused-ring (bicyclic) bond motifs is 1. The number of hydrogen-bond donors (Lipinski definition) is 1. The third-order valence-corrected chi connectivity index (χ3v) is 3.72. The molecule has 0 spiro atoms. The standard InChI is InChI=1S/C20H19NO2/c1-14-7-5-10-17(13-14)23-15(2)20(22)21-19-12-6-9-16-8-3-4-11-18(16)19/h3-13,15H,1-2H3,(H,21,22)/t15-/m1/s1. The fourth-order valence-corrected chi connectivity index (χ4v) is 2.52. The van der Waals surface area contributed by atoms with Crippen LogP contribution < -0.4 is 10.1 Å². The molecule has 23 heavy (non-hydrogen) atoms. The number of carbonyl (C=O) groups is 1. The van der Waals surface area contributed by atoms with Crippen LogP contribution in [0.25, 0.3) is 10.8 Å². The molecule has 3 rings (SSSR count). The highest BCUT2D eigenvalue weighted by Crippen LogP contribution is 2.23. The number of ether oxygens (including phenoxy) is 1. The number of amides is 1. The van der Waals surface area contributed by atoms with Crippen LogP contribution in [-0.4, -0.2) is 12.0 Å². The third kappa shape index (κ3) is 3.51. The summed E-state index contributed by atoms with van der Waals surface area (Å²) in [6, 6.07) is 21.5. The van der Waals surface area contributed by atoms with E-state index in [1.165, 1.54) is 0 Å². The van der Waals surface area contributed by atoms with Crippen LogP contribution in [0.5, 0.6) is 5.75 Å². The van der Waals surface area contributed by atoms with Crippen molar-refractivity contribution in [2.24, 2.45) is 0 Å². The Morgan fingerprint density at radius 1 is 1.00 bits per heavy atom. The van der Waals surface area contributed by atoms with Crippen molar-refractivity contribution in [3.8, 4) is 5.75 Å². The minimum absolute atomic E-state index is 0.164. The van der Waals surface area contributed by atoms with Crippen molar-refractivity contribution in [3.63, 3.8) is 0 Å². The maximum atomic E-state index is 12.4. The number of benzene rings is 3. The summed E-state index contributed by atoms with van der Waals surface area (Å²) < 4.78 is 5.73. The van der Waals surface area contributed by atoms with Gasteiger partial charge in [0.15, 0.2) is 6.10 Å². The molecule has 0 unspecified atom stereocenters. The maximum Gasteiger partial charge on any atom is 0.265 e. The second-order valence-electron chi connectivity index (χ2n) is 5.59. The molecule has 0 radical (unpaired) electrons. The quantitative estimate of drug-likeness (QED) is 0.767. The summed E-state index contributed by atoms with van der Waals surface area (Å²) >= 11 is 0. The molecular weight excluding hydrogens is 286 g/mol. The highest BCUT2D eigenvalue weighted by Gasteiger charge is 2.15. The van der Waals surface area contributed by atoms with Gasteiger partial charge in [-0.05, 0) is 43.0 Å². The lowest BCUT2D eigenvalue weighted by Gasteiger charge is -2.16. The van der Waals surface area contributed by atoms with E-state index >= 15 is 0 Å². The highest BCUT2D eigenvalue weighted by molar-refractivity contribution is 6.03. The Morgan fingerprint density at radius 3 is 2.57 bits per heavy atom. The van der Waals surface area contributed by atoms with Gasteiger partial charge in [-0.25, -0.2) is 0 Å². The van der Waals surface area contributed by atoms with Crippen LogP contribution in [-0.2, 0) is 4.79 Å². The van der Waals surface area contributed by atoms with Crippen LogP contribution in [0.2, 0.25) is 0 Å². The molecule has 1 amide bonds. The maximum absolute atomic E-state index is 12.4. The molecule has 3 aromatic carbocycles. The SMILES string of the molecule is Cc1cccc(O[C@H](C)C(=O)Nc2cccc3ccccc23)c1. The molecule has 3 nitrogen and oxygen atoms in total. The number of nitrogens with one attached hydrogen (secondary N) is 1. The van der Waals surface area contributed by atoms with Crippen LogP contribution in [0, 0.1) is 6.92 Å². The first-order chi connectivity index (χ1) is 11.1. The van der Waals surface area contributed by atoms with Gasteiger partial charge in [-0.15, -0.1) is 0 Å². The lowest BCUT2D eigenvalue weighted by Crippen LogP contribution is -2.30. The zero-order valence-electron chi connectivity index (χ0n) is 13.2. The molecule has 0 fully saturated rings. The Kier molecular flexibility index (Phi) is 4.29. The van der Waals surface area contributed by atoms with Crippen LogP contribution >= 0.6 is 0 Å². The lowest BCUT2D eigenvalue weighted by atomic mass is 10.1. The van der Waals surface area contributed by atoms with Gasteiger partial charge in [0.2, 0.25) is 0 Å². The van der Waals surface area contributed by atoms with E-state index in [1.54, 1.807) is 6.92 Å². The molecule has 0 aliphatic carbocycles. The van der Waals surface area contributed by atoms with E-state index in [0.29, 0.717) is 5.75 Å². The predicted molar refractivity (Wildman–Crippen MR) is 93.8 cm³/mol. The highest BCUT2D eigenvalue weighted by atomic mass is 16.5. The summed E-state index contributed by atoms with van der Waals surface area (Å²) in [4.78, 5) is 12.4. The van der Waals surface area contributed by atoms with Gasteiger partial charge in [-0.1, -0.05) is 48.5 Å². The van der Waals surface area contributed by atoms with Gasteiger partial charge in [-0.2, -0.15) is 0 Å². The number of carbonyl (C=O) groups excluding carboxylic acids is 1. The molecule has 0 aromatic heterocycles. The second-order valence-corrected chi connectivity index (χ2v) is 5.59. The van der Waals surface area contributed by atoms with Crippen LogP contribution in [0.1, 0.15) is 12.5 Å². The largest absolute Gasteiger partial charge is 0.481 e. The van der Waals surface area contributed by atoms with E-state index < -0.39 is 6.10 Å². The topological polar surface area (TPSA) is 38.3 Å². The van der Waals surface area contributed by atoms with Gasteiger partial charge in [-0.3, -0.25) is 4.79 Å². The molecule has 0 bridgehead atoms. The fraction of sp³-hybridized carbons (Fsp3) is 0.150. The van der Waals surface area contributed by atoms with Crippen molar-refractivity contribution in [2.75, 3.05) is 5.32 Å². The average Bonchev–Trinajstić information content (AvgIpc) is 2.55. The molecule has 1 atom stereocenters. The first kappa shape index (κ1) is 15.1. The summed E-state index contributed by atoms with van der Waals surface area (Å²) in [5.41, 5.74) is 1.90. The summed E-state index contributed by atoms with van der Waals surface area (Å²) in [6.07, 6.45) is -0.573. The van der Waals surface area contributed by atoms with Gasteiger partial charge in [0.25, 0.3) is 5.91 Å². The summed E-state index contributed by atoms with van der Waals surface area (Å²) in [7, 11) is 0. The molecule has 0 aliphatic heterocycles. The van der Waals surface area contributed by atoms with E-state index in [9.17, 15) is 4.79 Å². The van der Waals surface area contributed by atoms with Crippen molar-refractivity contribution in [1.82, 2.24) is 0 Å². The van der Waals surface area contributed by atoms with Gasteiger partial charge in [0.1, 0.15) is 5.75 Å². The van der Waals surface area contributed by atoms with Crippen molar-refractivity contribution in [2.45, 2.75) is 20.0 Å². The zero-order valence-corrected chi connectivity index (χ0v) is 13.2. The molecular formula is C20H19NO2. The first-order valence-corrected chi connectivity index (χ1v) is 7.65. The average molecular weight is 305 g/mol. The number of hydrogen-bond acceptors (Lipinski definition) is 2. The van der Waals surface area contributed by atoms with E-state index in [4.69, 9.17) is 4.74 Å². The first-order valence-electron chi connectivity index (χ1n) is 7.65. The molecule has 116 valence electrons. The Balaban J connectivity index is 1.75. The number of anilines is 1. The molecule has 0 saturated carbocycles. The Bertz CT molecular complexity index is 836. The van der Waals surface area contributed by atoms with Crippen LogP contribution in [0.3, 0.4) is 0 Å². The molecule has 1 N–H and O–H groups in total. The Labute approximate surface area is 135 Å². The number of aryl methyl sites for hydroxylation is 1. The Morgan fingerprint density at radius 2 is 1.74 bits per heavy atom. The molecule has 0 heterocycles. The monoisotopic (exact) mass is 305 g/mol. The van der Waals surface area contributed by atoms with E-state index in [1.807, 2.05) is 73.7 Å². The molecule has 3 aromatic rings. The number of rotatable bonds is 4. The van der Waals surface area contributed by atoms with Gasteiger partial charge < -0.3 is 10.1 Å². The van der Waals surface area contributed by atoms with Crippen LogP contribution in [0.15, 0.2) is 66.7 Å². The summed E-state index contributed by atoms with van der Waals surface area (Å²) in [5.74, 6) is 0.536. The minimum Gasteiger partial charge on any atom is -0.481 e. The normalized spacial score (nSPS) is 11.9. The van der Waals surface area contributed by atoms with Gasteiger partial charge in [0, 0.05) is 11.1 Å². The Hall–Kier alpha value is -2.81. The van der Waals surface area contributed by atoms with E-state index in [2.05, 4.69) is 5.32 Å². The third-order valence-electron chi connectivity index (χ3n) is 3.72. The van der Waals surface area contributed by atoms with Crippen LogP contribution in [0.4, 0.5) is 5.69 Å². The lowest BCUT2D eigenvalue weighted by molar-refractivity contribution is -0.122. The second kappa shape index (κ2) is 6.53. The van der Waals surface area contributed by atoms with Gasteiger partial charge >= 0.3 is 0 Å². The predicted octanol–water partition coefficient (Wildman–Crippen LogP) is 4.55. The fourth-order valence-electron chi connectivity index (χ4n) is 2.52. The molecule has 3 heteroatoms. The van der Waals surface area contributed by atoms with Crippen molar-refractivity contribution in [1.29, 1.82) is 0 Å². The van der Waals surface area contributed by atoms with Gasteiger partial charge in [0.05, 0.1) is 0 Å². The van der Waals surface area contributed by atoms with E-state index in [-0.39, 0.29) is 5.91 Å². The van der Waals surface area contributed by atoms with Crippen molar-refractivity contribution in [3.05, 3.63) is 72.3 Å². The smallest absolute Gasteiger partial charge is 0.265 e. The summed E-state index contributed by atoms with van der Waals surface area (Å²) in [6.45, 7) is 3.75. The van der Waals surface area contributed by atoms with Crippen molar-refractivity contribution >= 4 is 22.4 Å². The molecule has 0 aliphatic rings. The summed E-state index contributed by atoms with van der Waals surface area (Å²) in [5, 5.41) is 5.07. The zero-order chi connectivity index (χ0) is 16.2.